The molecule has 4 heteroatoms. The van der Waals surface area contributed by atoms with Crippen LogP contribution in [0.4, 0.5) is 10.5 Å². The average Bonchev–Trinajstić information content (AvgIpc) is 2.72. The van der Waals surface area contributed by atoms with Gasteiger partial charge in [0.05, 0.1) is 0 Å². The van der Waals surface area contributed by atoms with Crippen molar-refractivity contribution >= 4 is 11.7 Å². The van der Waals surface area contributed by atoms with Crippen LogP contribution in [-0.2, 0) is 0 Å². The molecule has 29 heavy (non-hydrogen) atoms. The molecule has 0 atom stereocenters. The van der Waals surface area contributed by atoms with E-state index >= 15 is 0 Å². The summed E-state index contributed by atoms with van der Waals surface area (Å²) in [6, 6.07) is 6.28. The maximum atomic E-state index is 11.8. The fraction of sp³-hybridized carbons (Fsp3) is 0.640. The van der Waals surface area contributed by atoms with E-state index in [1.807, 2.05) is 0 Å². The van der Waals surface area contributed by atoms with Gasteiger partial charge in [-0.25, -0.2) is 4.79 Å². The number of nitrogens with one attached hydrogen (secondary N) is 2. The van der Waals surface area contributed by atoms with Gasteiger partial charge in [-0.2, -0.15) is 0 Å². The Morgan fingerprint density at radius 2 is 1.31 bits per heavy atom. The molecule has 2 amide bonds. The normalized spacial score (nSPS) is 11.1. The Labute approximate surface area is 178 Å². The molecule has 0 unspecified atom stereocenters. The van der Waals surface area contributed by atoms with Gasteiger partial charge >= 0.3 is 6.03 Å². The van der Waals surface area contributed by atoms with Gasteiger partial charge in [-0.1, -0.05) is 76.9 Å². The third-order valence-corrected chi connectivity index (χ3v) is 5.10. The number of carbonyl (C=O) groups excluding carboxylic acids is 1. The lowest BCUT2D eigenvalue weighted by atomic mass is 10.1. The Morgan fingerprint density at radius 1 is 0.793 bits per heavy atom. The average molecular weight is 403 g/mol. The Bertz CT molecular complexity index is 540. The number of allylic oxidation sites excluding steroid dienone is 2. The van der Waals surface area contributed by atoms with Crippen LogP contribution < -0.4 is 10.6 Å². The molecule has 1 aromatic rings. The van der Waals surface area contributed by atoms with E-state index in [4.69, 9.17) is 0 Å². The summed E-state index contributed by atoms with van der Waals surface area (Å²) < 4.78 is 0. The predicted octanol–water partition coefficient (Wildman–Crippen LogP) is 7.55. The summed E-state index contributed by atoms with van der Waals surface area (Å²) in [5.74, 6) is 0.195. The van der Waals surface area contributed by atoms with Crippen molar-refractivity contribution in [1.82, 2.24) is 5.32 Å². The molecule has 0 radical (unpaired) electrons. The molecule has 0 heterocycles. The Hall–Kier alpha value is -1.97. The minimum atomic E-state index is -0.191. The first-order valence-electron chi connectivity index (χ1n) is 11.7. The second-order valence-electron chi connectivity index (χ2n) is 7.87. The van der Waals surface area contributed by atoms with Crippen LogP contribution in [0, 0.1) is 0 Å². The van der Waals surface area contributed by atoms with Crippen molar-refractivity contribution in [3.8, 4) is 5.75 Å². The molecule has 1 aromatic carbocycles. The van der Waals surface area contributed by atoms with Crippen LogP contribution in [0.2, 0.25) is 0 Å². The summed E-state index contributed by atoms with van der Waals surface area (Å²) >= 11 is 0. The van der Waals surface area contributed by atoms with Crippen LogP contribution in [0.5, 0.6) is 5.75 Å². The monoisotopic (exact) mass is 402 g/mol. The predicted molar refractivity (Wildman–Crippen MR) is 125 cm³/mol. The van der Waals surface area contributed by atoms with Crippen molar-refractivity contribution in [3.05, 3.63) is 36.4 Å². The zero-order chi connectivity index (χ0) is 21.0. The summed E-state index contributed by atoms with van der Waals surface area (Å²) in [4.78, 5) is 11.8. The topological polar surface area (TPSA) is 61.4 Å². The number of unbranched alkanes of at least 4 members (excludes halogenated alkanes) is 12. The van der Waals surface area contributed by atoms with E-state index in [1.54, 1.807) is 24.3 Å². The van der Waals surface area contributed by atoms with Crippen LogP contribution in [0.1, 0.15) is 96.8 Å². The largest absolute Gasteiger partial charge is 0.508 e. The Morgan fingerprint density at radius 3 is 1.90 bits per heavy atom. The molecular weight excluding hydrogens is 360 g/mol. The molecule has 0 spiro atoms. The van der Waals surface area contributed by atoms with E-state index in [0.29, 0.717) is 12.2 Å². The highest BCUT2D eigenvalue weighted by atomic mass is 16.3. The smallest absolute Gasteiger partial charge is 0.319 e. The van der Waals surface area contributed by atoms with Crippen LogP contribution >= 0.6 is 0 Å². The molecular formula is C25H42N2O2. The lowest BCUT2D eigenvalue weighted by Gasteiger charge is -2.07. The first-order valence-corrected chi connectivity index (χ1v) is 11.7. The van der Waals surface area contributed by atoms with Crippen LogP contribution in [0.15, 0.2) is 36.4 Å². The Kier molecular flexibility index (Phi) is 15.6. The third kappa shape index (κ3) is 15.6. The van der Waals surface area contributed by atoms with Gasteiger partial charge in [0.2, 0.25) is 0 Å². The first-order chi connectivity index (χ1) is 14.2. The number of aromatic hydroxyl groups is 1. The zero-order valence-electron chi connectivity index (χ0n) is 18.4. The second-order valence-corrected chi connectivity index (χ2v) is 7.87. The number of benzene rings is 1. The summed E-state index contributed by atoms with van der Waals surface area (Å²) in [6.07, 6.45) is 22.8. The fourth-order valence-electron chi connectivity index (χ4n) is 3.29. The van der Waals surface area contributed by atoms with Gasteiger partial charge < -0.3 is 15.7 Å². The van der Waals surface area contributed by atoms with E-state index in [9.17, 15) is 9.90 Å². The number of phenols is 1. The highest BCUT2D eigenvalue weighted by Crippen LogP contribution is 2.13. The van der Waals surface area contributed by atoms with E-state index < -0.39 is 0 Å². The van der Waals surface area contributed by atoms with Gasteiger partial charge in [-0.3, -0.25) is 0 Å². The van der Waals surface area contributed by atoms with Crippen molar-refractivity contribution in [2.75, 3.05) is 11.9 Å². The zero-order valence-corrected chi connectivity index (χ0v) is 18.4. The number of hydrogen-bond donors (Lipinski definition) is 3. The lowest BCUT2D eigenvalue weighted by Crippen LogP contribution is -2.29. The molecule has 0 aliphatic heterocycles. The van der Waals surface area contributed by atoms with Gasteiger partial charge in [0.1, 0.15) is 5.75 Å². The molecule has 164 valence electrons. The number of hydrogen-bond acceptors (Lipinski definition) is 2. The summed E-state index contributed by atoms with van der Waals surface area (Å²) in [6.45, 7) is 2.97. The van der Waals surface area contributed by atoms with E-state index in [0.717, 1.165) is 12.8 Å². The Balaban J connectivity index is 1.82. The quantitative estimate of drug-likeness (QED) is 0.143. The van der Waals surface area contributed by atoms with Crippen molar-refractivity contribution in [1.29, 1.82) is 0 Å². The maximum Gasteiger partial charge on any atom is 0.319 e. The maximum absolute atomic E-state index is 11.8. The van der Waals surface area contributed by atoms with Gasteiger partial charge in [-0.05, 0) is 56.4 Å². The minimum Gasteiger partial charge on any atom is -0.508 e. The van der Waals surface area contributed by atoms with E-state index in [2.05, 4.69) is 29.7 Å². The summed E-state index contributed by atoms with van der Waals surface area (Å²) in [7, 11) is 0. The van der Waals surface area contributed by atoms with Gasteiger partial charge in [-0.15, -0.1) is 0 Å². The van der Waals surface area contributed by atoms with Gasteiger partial charge in [0, 0.05) is 12.2 Å². The molecule has 3 N–H and O–H groups in total. The molecule has 0 saturated carbocycles. The molecule has 0 fully saturated rings. The van der Waals surface area contributed by atoms with Crippen molar-refractivity contribution in [3.63, 3.8) is 0 Å². The number of urea groups is 1. The molecule has 0 bridgehead atoms. The highest BCUT2D eigenvalue weighted by Gasteiger charge is 2.00. The summed E-state index contributed by atoms with van der Waals surface area (Å²) in [5, 5.41) is 14.9. The molecule has 0 saturated heterocycles. The van der Waals surface area contributed by atoms with E-state index in [1.165, 1.54) is 77.0 Å². The number of anilines is 1. The third-order valence-electron chi connectivity index (χ3n) is 5.10. The highest BCUT2D eigenvalue weighted by molar-refractivity contribution is 5.89. The van der Waals surface area contributed by atoms with Crippen LogP contribution in [-0.4, -0.2) is 17.7 Å². The summed E-state index contributed by atoms with van der Waals surface area (Å²) in [5.41, 5.74) is 0.682. The van der Waals surface area contributed by atoms with Crippen molar-refractivity contribution in [2.45, 2.75) is 96.8 Å². The molecule has 4 nitrogen and oxygen atoms in total. The van der Waals surface area contributed by atoms with Crippen molar-refractivity contribution in [2.24, 2.45) is 0 Å². The molecule has 1 rings (SSSR count). The molecule has 0 aromatic heterocycles. The first kappa shape index (κ1) is 25.1. The van der Waals surface area contributed by atoms with Gasteiger partial charge in [0.25, 0.3) is 0 Å². The number of rotatable bonds is 17. The second kappa shape index (κ2) is 18.1. The van der Waals surface area contributed by atoms with E-state index in [-0.39, 0.29) is 11.8 Å². The van der Waals surface area contributed by atoms with Crippen molar-refractivity contribution < 1.29 is 9.90 Å². The molecule has 0 aliphatic carbocycles. The number of carbonyl (C=O) groups is 1. The lowest BCUT2D eigenvalue weighted by molar-refractivity contribution is 0.252. The minimum absolute atomic E-state index is 0.191. The molecule has 0 aliphatic rings. The van der Waals surface area contributed by atoms with Crippen LogP contribution in [0.25, 0.3) is 0 Å². The van der Waals surface area contributed by atoms with Crippen LogP contribution in [0.3, 0.4) is 0 Å². The SMILES string of the molecule is CCCCCCCC/C=C/CCCCCCCCNC(=O)Nc1ccc(O)cc1. The standard InChI is InChI=1S/C25H42N2O2/c1-2-3-4-5-6-7-8-9-10-11-12-13-14-15-16-17-22-26-25(29)27-23-18-20-24(28)21-19-23/h9-10,18-21,28H,2-8,11-17,22H2,1H3,(H2,26,27,29)/b10-9+. The van der Waals surface area contributed by atoms with Gasteiger partial charge in [0.15, 0.2) is 0 Å². The number of amides is 2. The number of phenolic OH excluding ortho intramolecular Hbond substituents is 1. The fourth-order valence-corrected chi connectivity index (χ4v) is 3.29.